The van der Waals surface area contributed by atoms with Gasteiger partial charge in [-0.25, -0.2) is 0 Å². The van der Waals surface area contributed by atoms with Gasteiger partial charge in [0, 0.05) is 40.8 Å². The van der Waals surface area contributed by atoms with Crippen LogP contribution < -0.4 is 5.59 Å². The number of hydrogen-bond donors (Lipinski definition) is 0. The fraction of sp³-hybridized carbons (Fsp3) is 0. The number of nitroso groups, excluding NO2 is 1. The Bertz CT molecular complexity index is 28.2. The summed E-state index contributed by atoms with van der Waals surface area (Å²) in [5.74, 6) is 0. The van der Waals surface area contributed by atoms with Crippen molar-refractivity contribution in [1.82, 2.24) is 5.59 Å². The molecule has 0 fully saturated rings. The zero-order valence-electron chi connectivity index (χ0n) is 7.99. The molecule has 18 heavy (non-hydrogen) atoms. The molecule has 0 aromatic carbocycles. The summed E-state index contributed by atoms with van der Waals surface area (Å²) in [6, 6.07) is 0. The molecule has 0 saturated heterocycles. The van der Waals surface area contributed by atoms with Crippen molar-refractivity contribution in [3.8, 4) is 0 Å². The standard InChI is InChI=1S/NO.4H2N.H2O.8O.2Re.Ru/c1-2;;;;;;;;;;;;;;;;/h;5*1H2;;;;;;;;;;;/q;4*-1;;8*-2;;;+3/p-1. The molecule has 0 rings (SSSR count). The summed E-state index contributed by atoms with van der Waals surface area (Å²) in [7, 11) is 0. The third-order valence-corrected chi connectivity index (χ3v) is 0. The first-order valence-electron chi connectivity index (χ1n) is 0.183. The van der Waals surface area contributed by atoms with Crippen LogP contribution in [0.25, 0.3) is 24.6 Å². The second kappa shape index (κ2) is 4950. The van der Waals surface area contributed by atoms with E-state index in [2.05, 4.69) is 0 Å². The van der Waals surface area contributed by atoms with E-state index in [-0.39, 0.29) is 134 Å². The Labute approximate surface area is 144 Å². The van der Waals surface area contributed by atoms with Gasteiger partial charge >= 0.3 is 19.5 Å². The summed E-state index contributed by atoms with van der Waals surface area (Å²) in [5, 5.41) is 0. The smallest absolute Gasteiger partial charge is 2.00 e. The number of rotatable bonds is 0. The zero-order chi connectivity index (χ0) is 2.00. The molecule has 0 aromatic heterocycles. The van der Waals surface area contributed by atoms with Crippen LogP contribution in [0.5, 0.6) is 0 Å². The quantitative estimate of drug-likeness (QED) is 0.335. The molecule has 0 amide bonds. The van der Waals surface area contributed by atoms with E-state index in [4.69, 9.17) is 10.5 Å². The van der Waals surface area contributed by atoms with Gasteiger partial charge in [0.1, 0.15) is 5.59 Å². The van der Waals surface area contributed by atoms with E-state index < -0.39 is 0 Å². The first-order chi connectivity index (χ1) is 1.00. The van der Waals surface area contributed by atoms with Crippen LogP contribution in [0.3, 0.4) is 0 Å². The van der Waals surface area contributed by atoms with Gasteiger partial charge < -0.3 is 73.9 Å². The van der Waals surface area contributed by atoms with Crippen molar-refractivity contribution < 1.29 is 110 Å². The van der Waals surface area contributed by atoms with Crippen LogP contribution in [0.2, 0.25) is 0 Å². The minimum atomic E-state index is 0. The molecule has 0 saturated carbocycles. The molecule has 0 aliphatic carbocycles. The maximum Gasteiger partial charge on any atom is 3.00 e. The van der Waals surface area contributed by atoms with Gasteiger partial charge in [-0.3, -0.25) is 0 Å². The Morgan fingerprint density at radius 1 is 0.444 bits per heavy atom. The molecule has 15 nitrogen and oxygen atoms in total. The third kappa shape index (κ3) is 4140. The van der Waals surface area contributed by atoms with Crippen molar-refractivity contribution in [3.05, 3.63) is 29.5 Å². The largest absolute Gasteiger partial charge is 3.00 e. The van der Waals surface area contributed by atoms with E-state index in [0.29, 0.717) is 0 Å². The van der Waals surface area contributed by atoms with E-state index in [0.717, 1.165) is 0 Å². The fourth-order valence-corrected chi connectivity index (χ4v) is 0. The average Bonchev–Trinajstić information content (AvgIpc) is 1.00. The van der Waals surface area contributed by atoms with Gasteiger partial charge in [-0.1, -0.05) is 0 Å². The van der Waals surface area contributed by atoms with Gasteiger partial charge in [-0.05, 0) is 0 Å². The molecule has 4 radical (unpaired) electrons. The van der Waals surface area contributed by atoms with Gasteiger partial charge in [0.05, 0.1) is 0 Å². The number of hydrogen-bond acceptors (Lipinski definition) is 2. The Hall–Kier alpha value is 1.03. The Balaban J connectivity index is -0.0000000000417. The molecule has 0 atom stereocenters. The summed E-state index contributed by atoms with van der Waals surface area (Å²) < 4.78 is 0. The second-order valence-electron chi connectivity index (χ2n) is 0. The van der Waals surface area contributed by atoms with E-state index in [9.17, 15) is 0 Å². The van der Waals surface area contributed by atoms with E-state index in [1.807, 2.05) is 0 Å². The van der Waals surface area contributed by atoms with Crippen LogP contribution in [0.15, 0.2) is 0 Å². The maximum atomic E-state index is 7.25. The Morgan fingerprint density at radius 3 is 0.444 bits per heavy atom. The van der Waals surface area contributed by atoms with Crippen molar-refractivity contribution in [2.24, 2.45) is 0 Å². The average molecular weight is 713 g/mol. The molecule has 0 aliphatic rings. The maximum absolute atomic E-state index is 7.25. The fourth-order valence-electron chi connectivity index (χ4n) is 0. The van der Waals surface area contributed by atoms with Gasteiger partial charge in [0.25, 0.3) is 0 Å². The van der Waals surface area contributed by atoms with Crippen molar-refractivity contribution >= 4 is 0 Å². The second-order valence-corrected chi connectivity index (χ2v) is 0. The summed E-state index contributed by atoms with van der Waals surface area (Å²) in [6.45, 7) is 0. The summed E-state index contributed by atoms with van der Waals surface area (Å²) >= 11 is 0. The van der Waals surface area contributed by atoms with Crippen molar-refractivity contribution in [2.45, 2.75) is 0 Å². The minimum absolute atomic E-state index is 0. The molecule has 0 bridgehead atoms. The molecule has 0 aromatic rings. The van der Waals surface area contributed by atoms with Crippen LogP contribution in [0, 0.1) is 4.91 Å². The van der Waals surface area contributed by atoms with Crippen molar-refractivity contribution in [3.63, 3.8) is 0 Å². The summed E-state index contributed by atoms with van der Waals surface area (Å²) in [4.78, 5) is 7.25. The molecule has 0 unspecified atom stereocenters. The van der Waals surface area contributed by atoms with Crippen LogP contribution in [-0.2, 0) is 104 Å². The molecule has 0 spiro atoms. The number of nitrogens with two attached hydrogens (primary N) is 4. The predicted molar refractivity (Wildman–Crippen MR) is 34.1 cm³/mol. The van der Waals surface area contributed by atoms with Gasteiger partial charge in [0.15, 0.2) is 0 Å². The topological polar surface area (TPSA) is 431 Å². The van der Waals surface area contributed by atoms with Crippen LogP contribution in [0.1, 0.15) is 0 Å². The SMILES string of the molecule is [NH2-].[NH2-].[NH2-].[NH2-].[N]=O.[O-2].[O-2].[O-2].[O-2].[O-2].[O-2].[O-2].[O-2].[OH-].[Re].[Re].[Ru+3]. The van der Waals surface area contributed by atoms with Crippen LogP contribution in [-0.4, -0.2) is 5.48 Å². The molecule has 134 valence electrons. The first-order valence-corrected chi connectivity index (χ1v) is 0.183. The van der Waals surface area contributed by atoms with Crippen molar-refractivity contribution in [2.75, 3.05) is 0 Å². The molecular weight excluding hydrogens is 704 g/mol. The van der Waals surface area contributed by atoms with Gasteiger partial charge in [-0.15, -0.1) is 4.91 Å². The third-order valence-electron chi connectivity index (χ3n) is 0. The molecule has 9 N–H and O–H groups in total. The van der Waals surface area contributed by atoms with Crippen LogP contribution >= 0.6 is 0 Å². The summed E-state index contributed by atoms with van der Waals surface area (Å²) in [5.41, 5.74) is 5.75. The number of nitrogens with zero attached hydrogens (tertiary/aromatic N) is 1. The van der Waals surface area contributed by atoms with Gasteiger partial charge in [0.2, 0.25) is 0 Å². The monoisotopic (exact) mass is 715 g/mol. The van der Waals surface area contributed by atoms with Gasteiger partial charge in [-0.2, -0.15) is 0 Å². The van der Waals surface area contributed by atoms with Crippen molar-refractivity contribution in [1.29, 1.82) is 0 Å². The predicted octanol–water partition coefficient (Wildman–Crippen LogP) is 1.29. The Kier molecular flexibility index (Phi) is 413000. The van der Waals surface area contributed by atoms with Crippen LogP contribution in [0.4, 0.5) is 0 Å². The Morgan fingerprint density at radius 2 is 0.444 bits per heavy atom. The molecule has 0 aliphatic heterocycles. The van der Waals surface area contributed by atoms with E-state index in [1.165, 1.54) is 0 Å². The summed E-state index contributed by atoms with van der Waals surface area (Å²) in [6.07, 6.45) is 0. The first kappa shape index (κ1) is 1500. The minimum Gasteiger partial charge on any atom is -2.00 e. The molecular formula is H9N5O10Re2Ru-18. The van der Waals surface area contributed by atoms with E-state index >= 15 is 0 Å². The normalized spacial score (nSPS) is 0.222. The zero-order valence-corrected chi connectivity index (χ0v) is 15.2. The molecule has 0 heterocycles. The molecule has 18 heteroatoms. The van der Waals surface area contributed by atoms with E-state index in [1.54, 1.807) is 0 Å².